The highest BCUT2D eigenvalue weighted by atomic mass is 35.5. The summed E-state index contributed by atoms with van der Waals surface area (Å²) in [4.78, 5) is 0.972. The maximum atomic E-state index is 7.44. The number of benzene rings is 1. The summed E-state index contributed by atoms with van der Waals surface area (Å²) in [6.07, 6.45) is 0. The molecule has 0 heterocycles. The van der Waals surface area contributed by atoms with Gasteiger partial charge in [0.1, 0.15) is 5.84 Å². The molecular weight excluding hydrogens is 216 g/mol. The van der Waals surface area contributed by atoms with E-state index in [1.54, 1.807) is 17.8 Å². The van der Waals surface area contributed by atoms with Crippen molar-refractivity contribution in [2.24, 2.45) is 5.73 Å². The number of nitrogens with two attached hydrogens (primary N) is 1. The third-order valence-electron chi connectivity index (χ3n) is 1.61. The standard InChI is InChI=1S/C10H13ClN2S/c1-6(2)14-8-5-3-4-7(11)9(8)10(12)13/h3-6H,1-2H3,(H3,12,13). The third kappa shape index (κ3) is 2.66. The third-order valence-corrected chi connectivity index (χ3v) is 2.99. The Morgan fingerprint density at radius 1 is 1.50 bits per heavy atom. The first-order valence-electron chi connectivity index (χ1n) is 4.32. The number of thioether (sulfide) groups is 1. The van der Waals surface area contributed by atoms with E-state index in [-0.39, 0.29) is 5.84 Å². The molecule has 0 aromatic heterocycles. The normalized spacial score (nSPS) is 10.6. The zero-order valence-electron chi connectivity index (χ0n) is 8.17. The van der Waals surface area contributed by atoms with Crippen molar-refractivity contribution in [1.82, 2.24) is 0 Å². The molecule has 0 aliphatic heterocycles. The van der Waals surface area contributed by atoms with E-state index in [4.69, 9.17) is 22.7 Å². The van der Waals surface area contributed by atoms with Crippen molar-refractivity contribution in [2.45, 2.75) is 24.0 Å². The van der Waals surface area contributed by atoms with Crippen molar-refractivity contribution >= 4 is 29.2 Å². The average Bonchev–Trinajstić information content (AvgIpc) is 2.01. The molecule has 3 N–H and O–H groups in total. The number of nitrogens with one attached hydrogen (secondary N) is 1. The second kappa shape index (κ2) is 4.71. The molecule has 0 aliphatic rings. The number of amidine groups is 1. The molecule has 0 unspecified atom stereocenters. The molecule has 1 aromatic rings. The molecular formula is C10H13ClN2S. The largest absolute Gasteiger partial charge is 0.384 e. The predicted molar refractivity (Wildman–Crippen MR) is 63.5 cm³/mol. The van der Waals surface area contributed by atoms with E-state index in [9.17, 15) is 0 Å². The molecule has 0 bridgehead atoms. The Balaban J connectivity index is 3.14. The van der Waals surface area contributed by atoms with Gasteiger partial charge in [0.25, 0.3) is 0 Å². The van der Waals surface area contributed by atoms with E-state index in [0.717, 1.165) is 4.90 Å². The van der Waals surface area contributed by atoms with E-state index in [2.05, 4.69) is 13.8 Å². The van der Waals surface area contributed by atoms with Gasteiger partial charge < -0.3 is 5.73 Å². The van der Waals surface area contributed by atoms with Gasteiger partial charge in [-0.3, -0.25) is 5.41 Å². The van der Waals surface area contributed by atoms with Crippen LogP contribution in [0.25, 0.3) is 0 Å². The lowest BCUT2D eigenvalue weighted by atomic mass is 10.2. The van der Waals surface area contributed by atoms with E-state index >= 15 is 0 Å². The summed E-state index contributed by atoms with van der Waals surface area (Å²) < 4.78 is 0. The van der Waals surface area contributed by atoms with E-state index in [1.807, 2.05) is 12.1 Å². The number of nitrogen functional groups attached to an aromatic ring is 1. The Labute approximate surface area is 93.3 Å². The molecule has 0 saturated carbocycles. The Hall–Kier alpha value is -0.670. The van der Waals surface area contributed by atoms with Crippen LogP contribution in [0, 0.1) is 5.41 Å². The van der Waals surface area contributed by atoms with Crippen LogP contribution in [-0.2, 0) is 0 Å². The monoisotopic (exact) mass is 228 g/mol. The molecule has 0 spiro atoms. The van der Waals surface area contributed by atoms with Gasteiger partial charge in [-0.15, -0.1) is 11.8 Å². The fourth-order valence-corrected chi connectivity index (χ4v) is 2.45. The number of hydrogen-bond donors (Lipinski definition) is 2. The number of hydrogen-bond acceptors (Lipinski definition) is 2. The van der Waals surface area contributed by atoms with E-state index < -0.39 is 0 Å². The zero-order valence-corrected chi connectivity index (χ0v) is 9.75. The Bertz CT molecular complexity index is 350. The van der Waals surface area contributed by atoms with E-state index in [0.29, 0.717) is 15.8 Å². The number of halogens is 1. The molecule has 1 aromatic carbocycles. The highest BCUT2D eigenvalue weighted by molar-refractivity contribution is 8.00. The molecule has 0 atom stereocenters. The minimum atomic E-state index is 0.0266. The minimum Gasteiger partial charge on any atom is -0.384 e. The molecule has 1 rings (SSSR count). The lowest BCUT2D eigenvalue weighted by Gasteiger charge is -2.11. The summed E-state index contributed by atoms with van der Waals surface area (Å²) >= 11 is 7.64. The van der Waals surface area contributed by atoms with Crippen molar-refractivity contribution in [3.05, 3.63) is 28.8 Å². The van der Waals surface area contributed by atoms with Gasteiger partial charge in [0, 0.05) is 15.7 Å². The highest BCUT2D eigenvalue weighted by Crippen LogP contribution is 2.30. The summed E-state index contributed by atoms with van der Waals surface area (Å²) in [5, 5.41) is 8.44. The molecule has 0 amide bonds. The van der Waals surface area contributed by atoms with Gasteiger partial charge in [-0.1, -0.05) is 31.5 Å². The van der Waals surface area contributed by atoms with Crippen LogP contribution < -0.4 is 5.73 Å². The van der Waals surface area contributed by atoms with Crippen molar-refractivity contribution in [1.29, 1.82) is 5.41 Å². The smallest absolute Gasteiger partial charge is 0.125 e. The van der Waals surface area contributed by atoms with Crippen LogP contribution in [-0.4, -0.2) is 11.1 Å². The van der Waals surface area contributed by atoms with Crippen LogP contribution >= 0.6 is 23.4 Å². The van der Waals surface area contributed by atoms with Crippen molar-refractivity contribution in [3.8, 4) is 0 Å². The van der Waals surface area contributed by atoms with Crippen molar-refractivity contribution in [2.75, 3.05) is 0 Å². The SMILES string of the molecule is CC(C)Sc1cccc(Cl)c1C(=N)N. The topological polar surface area (TPSA) is 49.9 Å². The van der Waals surface area contributed by atoms with Crippen LogP contribution in [0.5, 0.6) is 0 Å². The maximum absolute atomic E-state index is 7.44. The highest BCUT2D eigenvalue weighted by Gasteiger charge is 2.11. The molecule has 0 fully saturated rings. The van der Waals surface area contributed by atoms with Gasteiger partial charge >= 0.3 is 0 Å². The van der Waals surface area contributed by atoms with Crippen molar-refractivity contribution in [3.63, 3.8) is 0 Å². The first-order chi connectivity index (χ1) is 6.52. The fourth-order valence-electron chi connectivity index (χ4n) is 1.12. The van der Waals surface area contributed by atoms with Crippen LogP contribution in [0.4, 0.5) is 0 Å². The zero-order chi connectivity index (χ0) is 10.7. The summed E-state index contributed by atoms with van der Waals surface area (Å²) in [6, 6.07) is 5.56. The second-order valence-corrected chi connectivity index (χ2v) is 5.22. The number of rotatable bonds is 3. The van der Waals surface area contributed by atoms with Crippen molar-refractivity contribution < 1.29 is 0 Å². The fraction of sp³-hybridized carbons (Fsp3) is 0.300. The summed E-state index contributed by atoms with van der Waals surface area (Å²) in [7, 11) is 0. The van der Waals surface area contributed by atoms with Crippen LogP contribution in [0.15, 0.2) is 23.1 Å². The van der Waals surface area contributed by atoms with Crippen LogP contribution in [0.2, 0.25) is 5.02 Å². The van der Waals surface area contributed by atoms with E-state index in [1.165, 1.54) is 0 Å². The summed E-state index contributed by atoms with van der Waals surface area (Å²) in [5.41, 5.74) is 6.12. The molecule has 0 radical (unpaired) electrons. The first kappa shape index (κ1) is 11.4. The predicted octanol–water partition coefficient (Wildman–Crippen LogP) is 3.12. The lowest BCUT2D eigenvalue weighted by molar-refractivity contribution is 1.11. The Morgan fingerprint density at radius 2 is 2.14 bits per heavy atom. The molecule has 0 aliphatic carbocycles. The second-order valence-electron chi connectivity index (χ2n) is 3.19. The molecule has 4 heteroatoms. The van der Waals surface area contributed by atoms with Gasteiger partial charge in [0.05, 0.1) is 5.02 Å². The molecule has 0 saturated heterocycles. The van der Waals surface area contributed by atoms with Gasteiger partial charge in [-0.05, 0) is 12.1 Å². The van der Waals surface area contributed by atoms with Gasteiger partial charge in [0.2, 0.25) is 0 Å². The van der Waals surface area contributed by atoms with Gasteiger partial charge in [-0.25, -0.2) is 0 Å². The quantitative estimate of drug-likeness (QED) is 0.475. The molecule has 76 valence electrons. The Morgan fingerprint density at radius 3 is 2.64 bits per heavy atom. The lowest BCUT2D eigenvalue weighted by Crippen LogP contribution is -2.13. The maximum Gasteiger partial charge on any atom is 0.125 e. The minimum absolute atomic E-state index is 0.0266. The molecule has 14 heavy (non-hydrogen) atoms. The summed E-state index contributed by atoms with van der Waals surface area (Å²) in [6.45, 7) is 4.19. The summed E-state index contributed by atoms with van der Waals surface area (Å²) in [5.74, 6) is 0.0266. The average molecular weight is 229 g/mol. The molecule has 2 nitrogen and oxygen atoms in total. The first-order valence-corrected chi connectivity index (χ1v) is 5.57. The van der Waals surface area contributed by atoms with Crippen LogP contribution in [0.3, 0.4) is 0 Å². The Kier molecular flexibility index (Phi) is 3.84. The van der Waals surface area contributed by atoms with Gasteiger partial charge in [-0.2, -0.15) is 0 Å². The van der Waals surface area contributed by atoms with Crippen LogP contribution in [0.1, 0.15) is 19.4 Å². The van der Waals surface area contributed by atoms with Gasteiger partial charge in [0.15, 0.2) is 0 Å².